The highest BCUT2D eigenvalue weighted by Gasteiger charge is 2.30. The minimum Gasteiger partial charge on any atom is -0.353 e. The number of nitrogens with one attached hydrogen (secondary N) is 1. The number of amides is 1. The zero-order chi connectivity index (χ0) is 18.6. The van der Waals surface area contributed by atoms with Crippen molar-refractivity contribution in [3.8, 4) is 0 Å². The second kappa shape index (κ2) is 9.87. The Bertz CT molecular complexity index is 706. The highest BCUT2D eigenvalue weighted by molar-refractivity contribution is 7.88. The molecule has 0 bridgehead atoms. The summed E-state index contributed by atoms with van der Waals surface area (Å²) in [5.41, 5.74) is 6.84. The summed E-state index contributed by atoms with van der Waals surface area (Å²) in [6, 6.07) is 9.44. The number of piperidine rings is 1. The van der Waals surface area contributed by atoms with Crippen LogP contribution in [0.15, 0.2) is 30.3 Å². The van der Waals surface area contributed by atoms with E-state index in [1.807, 2.05) is 30.3 Å². The van der Waals surface area contributed by atoms with E-state index < -0.39 is 10.0 Å². The van der Waals surface area contributed by atoms with Crippen LogP contribution in [0.2, 0.25) is 0 Å². The van der Waals surface area contributed by atoms with Crippen molar-refractivity contribution in [3.05, 3.63) is 35.9 Å². The third-order valence-corrected chi connectivity index (χ3v) is 7.42. The Morgan fingerprint density at radius 1 is 1.11 bits per heavy atom. The van der Waals surface area contributed by atoms with E-state index in [1.54, 1.807) is 4.31 Å². The third-order valence-electron chi connectivity index (χ3n) is 5.57. The first-order valence-corrected chi connectivity index (χ1v) is 11.1. The fraction of sp³-hybridized carbons (Fsp3) is 0.632. The van der Waals surface area contributed by atoms with Crippen molar-refractivity contribution >= 4 is 28.3 Å². The van der Waals surface area contributed by atoms with Gasteiger partial charge in [-0.2, -0.15) is 0 Å². The summed E-state index contributed by atoms with van der Waals surface area (Å²) in [5, 5.41) is 3.07. The number of sulfonamides is 1. The number of hydrogen-bond acceptors (Lipinski definition) is 4. The third kappa shape index (κ3) is 6.17. The Morgan fingerprint density at radius 3 is 2.37 bits per heavy atom. The maximum Gasteiger partial charge on any atom is 0.220 e. The van der Waals surface area contributed by atoms with Gasteiger partial charge in [-0.25, -0.2) is 12.7 Å². The van der Waals surface area contributed by atoms with E-state index in [0.717, 1.165) is 24.8 Å². The highest BCUT2D eigenvalue weighted by atomic mass is 35.5. The minimum absolute atomic E-state index is 0. The van der Waals surface area contributed by atoms with Gasteiger partial charge in [0.25, 0.3) is 0 Å². The van der Waals surface area contributed by atoms with Gasteiger partial charge in [0.05, 0.1) is 5.75 Å². The van der Waals surface area contributed by atoms with Crippen LogP contribution in [0.4, 0.5) is 0 Å². The monoisotopic (exact) mass is 415 g/mol. The van der Waals surface area contributed by atoms with E-state index in [-0.39, 0.29) is 36.2 Å². The van der Waals surface area contributed by atoms with Crippen molar-refractivity contribution in [1.82, 2.24) is 9.62 Å². The lowest BCUT2D eigenvalue weighted by Gasteiger charge is -2.32. The molecule has 2 aliphatic rings. The molecule has 0 radical (unpaired) electrons. The number of hydrogen-bond donors (Lipinski definition) is 2. The van der Waals surface area contributed by atoms with E-state index in [9.17, 15) is 13.2 Å². The molecule has 1 aliphatic heterocycles. The molecule has 8 heteroatoms. The first kappa shape index (κ1) is 22.1. The fourth-order valence-corrected chi connectivity index (χ4v) is 5.56. The Labute approximate surface area is 168 Å². The van der Waals surface area contributed by atoms with Gasteiger partial charge in [0.2, 0.25) is 15.9 Å². The van der Waals surface area contributed by atoms with Crippen molar-refractivity contribution < 1.29 is 13.2 Å². The maximum atomic E-state index is 12.6. The summed E-state index contributed by atoms with van der Waals surface area (Å²) in [6.07, 6.45) is 4.97. The van der Waals surface area contributed by atoms with Gasteiger partial charge in [-0.05, 0) is 37.2 Å². The normalized spacial score (nSPS) is 24.3. The first-order chi connectivity index (χ1) is 12.4. The Balaban J connectivity index is 0.00000261. The molecule has 152 valence electrons. The first-order valence-electron chi connectivity index (χ1n) is 9.51. The fourth-order valence-electron chi connectivity index (χ4n) is 4.00. The number of nitrogens with two attached hydrogens (primary N) is 1. The van der Waals surface area contributed by atoms with E-state index >= 15 is 0 Å². The number of benzene rings is 1. The van der Waals surface area contributed by atoms with Crippen molar-refractivity contribution in [3.63, 3.8) is 0 Å². The van der Waals surface area contributed by atoms with Gasteiger partial charge in [0.1, 0.15) is 0 Å². The van der Waals surface area contributed by atoms with Crippen LogP contribution in [-0.2, 0) is 20.6 Å². The smallest absolute Gasteiger partial charge is 0.220 e. The Kier molecular flexibility index (Phi) is 8.09. The molecule has 0 aromatic heterocycles. The predicted octanol–water partition coefficient (Wildman–Crippen LogP) is 2.04. The Hall–Kier alpha value is -1.15. The molecule has 1 saturated heterocycles. The maximum absolute atomic E-state index is 12.6. The molecule has 1 aromatic carbocycles. The summed E-state index contributed by atoms with van der Waals surface area (Å²) in [4.78, 5) is 12.2. The molecule has 1 amide bonds. The molecule has 1 heterocycles. The molecule has 0 spiro atoms. The van der Waals surface area contributed by atoms with Gasteiger partial charge in [-0.15, -0.1) is 12.4 Å². The predicted molar refractivity (Wildman–Crippen MR) is 109 cm³/mol. The van der Waals surface area contributed by atoms with Crippen molar-refractivity contribution in [1.29, 1.82) is 0 Å². The summed E-state index contributed by atoms with van der Waals surface area (Å²) in [7, 11) is -3.31. The molecule has 1 aliphatic carbocycles. The number of rotatable bonds is 6. The van der Waals surface area contributed by atoms with Crippen LogP contribution in [0, 0.1) is 5.92 Å². The summed E-state index contributed by atoms with van der Waals surface area (Å²) in [6.45, 7) is 0.923. The second-order valence-corrected chi connectivity index (χ2v) is 9.51. The van der Waals surface area contributed by atoms with Gasteiger partial charge in [0, 0.05) is 31.6 Å². The Morgan fingerprint density at radius 2 is 1.78 bits per heavy atom. The van der Waals surface area contributed by atoms with Crippen LogP contribution >= 0.6 is 12.4 Å². The molecule has 6 nitrogen and oxygen atoms in total. The number of halogens is 1. The topological polar surface area (TPSA) is 92.5 Å². The zero-order valence-corrected chi connectivity index (χ0v) is 17.2. The van der Waals surface area contributed by atoms with Gasteiger partial charge in [-0.1, -0.05) is 36.8 Å². The molecule has 3 rings (SSSR count). The van der Waals surface area contributed by atoms with Gasteiger partial charge in [0.15, 0.2) is 0 Å². The van der Waals surface area contributed by atoms with Crippen molar-refractivity contribution in [2.75, 3.05) is 13.1 Å². The second-order valence-electron chi connectivity index (χ2n) is 7.54. The van der Waals surface area contributed by atoms with E-state index in [0.29, 0.717) is 38.3 Å². The van der Waals surface area contributed by atoms with Crippen LogP contribution in [0.3, 0.4) is 0 Å². The lowest BCUT2D eigenvalue weighted by atomic mass is 9.99. The largest absolute Gasteiger partial charge is 0.353 e. The quantitative estimate of drug-likeness (QED) is 0.743. The summed E-state index contributed by atoms with van der Waals surface area (Å²) < 4.78 is 26.7. The van der Waals surface area contributed by atoms with Gasteiger partial charge >= 0.3 is 0 Å². The van der Waals surface area contributed by atoms with Gasteiger partial charge in [-0.3, -0.25) is 4.79 Å². The molecule has 3 N–H and O–H groups in total. The SMILES string of the molecule is Cl.N[C@@H]1CCC[C@H]1CC(=O)NC1CCN(S(=O)(=O)Cc2ccccc2)CC1. The van der Waals surface area contributed by atoms with E-state index in [2.05, 4.69) is 5.32 Å². The highest BCUT2D eigenvalue weighted by Crippen LogP contribution is 2.27. The zero-order valence-electron chi connectivity index (χ0n) is 15.5. The van der Waals surface area contributed by atoms with Crippen LogP contribution < -0.4 is 11.1 Å². The summed E-state index contributed by atoms with van der Waals surface area (Å²) >= 11 is 0. The van der Waals surface area contributed by atoms with Crippen LogP contribution in [0.25, 0.3) is 0 Å². The van der Waals surface area contributed by atoms with Crippen LogP contribution in [0.1, 0.15) is 44.1 Å². The average Bonchev–Trinajstić information content (AvgIpc) is 3.00. The molecular formula is C19H30ClN3O3S. The van der Waals surface area contributed by atoms with Crippen molar-refractivity contribution in [2.45, 2.75) is 56.4 Å². The standard InChI is InChI=1S/C19H29N3O3S.ClH/c20-18-8-4-7-16(18)13-19(23)21-17-9-11-22(12-10-17)26(24,25)14-15-5-2-1-3-6-15;/h1-3,5-6,16-18H,4,7-14,20H2,(H,21,23);1H/t16-,18+;/m0./s1. The average molecular weight is 416 g/mol. The van der Waals surface area contributed by atoms with E-state index in [1.165, 1.54) is 0 Å². The minimum atomic E-state index is -3.31. The molecular weight excluding hydrogens is 386 g/mol. The number of nitrogens with zero attached hydrogens (tertiary/aromatic N) is 1. The molecule has 2 atom stereocenters. The molecule has 27 heavy (non-hydrogen) atoms. The van der Waals surface area contributed by atoms with E-state index in [4.69, 9.17) is 5.73 Å². The molecule has 2 fully saturated rings. The summed E-state index contributed by atoms with van der Waals surface area (Å²) in [5.74, 6) is 0.379. The number of carbonyl (C=O) groups excluding carboxylic acids is 1. The van der Waals surface area contributed by atoms with Crippen molar-refractivity contribution in [2.24, 2.45) is 11.7 Å². The lowest BCUT2D eigenvalue weighted by molar-refractivity contribution is -0.123. The van der Waals surface area contributed by atoms with Gasteiger partial charge < -0.3 is 11.1 Å². The molecule has 0 unspecified atom stereocenters. The van der Waals surface area contributed by atoms with Crippen LogP contribution in [-0.4, -0.2) is 43.8 Å². The van der Waals surface area contributed by atoms with Crippen LogP contribution in [0.5, 0.6) is 0 Å². The lowest BCUT2D eigenvalue weighted by Crippen LogP contribution is -2.47. The number of carbonyl (C=O) groups is 1. The molecule has 1 aromatic rings. The molecule has 1 saturated carbocycles.